The van der Waals surface area contributed by atoms with Gasteiger partial charge in [0.2, 0.25) is 5.91 Å². The van der Waals surface area contributed by atoms with Crippen LogP contribution in [0.1, 0.15) is 44.2 Å². The van der Waals surface area contributed by atoms with Crippen molar-refractivity contribution in [3.05, 3.63) is 35.9 Å². The number of hydrogen-bond acceptors (Lipinski definition) is 2. The van der Waals surface area contributed by atoms with E-state index in [0.29, 0.717) is 12.8 Å². The van der Waals surface area contributed by atoms with Gasteiger partial charge in [0.05, 0.1) is 17.9 Å². The molecule has 20 heavy (non-hydrogen) atoms. The molecule has 0 heterocycles. The zero-order valence-corrected chi connectivity index (χ0v) is 11.7. The lowest BCUT2D eigenvalue weighted by molar-refractivity contribution is -0.149. The van der Waals surface area contributed by atoms with E-state index in [-0.39, 0.29) is 11.9 Å². The molecule has 0 aromatic heterocycles. The fourth-order valence-electron chi connectivity index (χ4n) is 2.89. The van der Waals surface area contributed by atoms with Gasteiger partial charge in [-0.25, -0.2) is 0 Å². The molecule has 0 radical (unpaired) electrons. The van der Waals surface area contributed by atoms with Crippen LogP contribution in [0.15, 0.2) is 30.3 Å². The van der Waals surface area contributed by atoms with Crippen molar-refractivity contribution in [2.75, 3.05) is 0 Å². The average molecular weight is 275 g/mol. The number of hydrogen-bond donors (Lipinski definition) is 2. The summed E-state index contributed by atoms with van der Waals surface area (Å²) in [7, 11) is 0. The van der Waals surface area contributed by atoms with Gasteiger partial charge >= 0.3 is 5.97 Å². The van der Waals surface area contributed by atoms with Gasteiger partial charge in [0, 0.05) is 0 Å². The second-order valence-electron chi connectivity index (χ2n) is 5.48. The lowest BCUT2D eigenvalue weighted by Crippen LogP contribution is -2.40. The van der Waals surface area contributed by atoms with Crippen molar-refractivity contribution in [3.8, 4) is 0 Å². The van der Waals surface area contributed by atoms with E-state index in [1.807, 2.05) is 37.3 Å². The van der Waals surface area contributed by atoms with E-state index in [9.17, 15) is 14.7 Å². The van der Waals surface area contributed by atoms with Crippen LogP contribution in [0.25, 0.3) is 0 Å². The van der Waals surface area contributed by atoms with Gasteiger partial charge in [0.25, 0.3) is 0 Å². The number of aliphatic carboxylic acids is 1. The molecule has 0 saturated heterocycles. The first-order chi connectivity index (χ1) is 9.59. The van der Waals surface area contributed by atoms with Crippen molar-refractivity contribution in [2.24, 2.45) is 11.8 Å². The first-order valence-corrected chi connectivity index (χ1v) is 7.17. The van der Waals surface area contributed by atoms with E-state index in [1.165, 1.54) is 0 Å². The Morgan fingerprint density at radius 3 is 2.35 bits per heavy atom. The van der Waals surface area contributed by atoms with Crippen LogP contribution in [-0.2, 0) is 9.59 Å². The molecule has 2 rings (SSSR count). The highest BCUT2D eigenvalue weighted by atomic mass is 16.4. The van der Waals surface area contributed by atoms with Gasteiger partial charge in [-0.15, -0.1) is 0 Å². The molecule has 1 amide bonds. The lowest BCUT2D eigenvalue weighted by Gasteiger charge is -2.28. The van der Waals surface area contributed by atoms with Gasteiger partial charge in [-0.2, -0.15) is 0 Å². The number of carbonyl (C=O) groups is 2. The number of carboxylic acids is 1. The van der Waals surface area contributed by atoms with Crippen molar-refractivity contribution >= 4 is 11.9 Å². The lowest BCUT2D eigenvalue weighted by atomic mass is 9.78. The third kappa shape index (κ3) is 3.38. The van der Waals surface area contributed by atoms with Crippen LogP contribution >= 0.6 is 0 Å². The molecule has 4 nitrogen and oxygen atoms in total. The zero-order valence-electron chi connectivity index (χ0n) is 11.7. The van der Waals surface area contributed by atoms with E-state index in [0.717, 1.165) is 18.4 Å². The van der Waals surface area contributed by atoms with Gasteiger partial charge in [-0.3, -0.25) is 9.59 Å². The summed E-state index contributed by atoms with van der Waals surface area (Å²) in [4.78, 5) is 23.6. The van der Waals surface area contributed by atoms with Crippen molar-refractivity contribution < 1.29 is 14.7 Å². The largest absolute Gasteiger partial charge is 0.481 e. The van der Waals surface area contributed by atoms with Crippen molar-refractivity contribution in [1.82, 2.24) is 5.32 Å². The molecule has 3 atom stereocenters. The summed E-state index contributed by atoms with van der Waals surface area (Å²) in [6.07, 6.45) is 3.11. The zero-order chi connectivity index (χ0) is 14.5. The van der Waals surface area contributed by atoms with E-state index in [4.69, 9.17) is 0 Å². The molecule has 1 aliphatic rings. The summed E-state index contributed by atoms with van der Waals surface area (Å²) >= 11 is 0. The average Bonchev–Trinajstić information content (AvgIpc) is 2.48. The fraction of sp³-hybridized carbons (Fsp3) is 0.500. The number of carbonyl (C=O) groups excluding carboxylic acids is 1. The molecule has 1 aliphatic carbocycles. The smallest absolute Gasteiger partial charge is 0.307 e. The van der Waals surface area contributed by atoms with Gasteiger partial charge in [0.1, 0.15) is 0 Å². The maximum atomic E-state index is 12.3. The van der Waals surface area contributed by atoms with Crippen LogP contribution in [0.3, 0.4) is 0 Å². The van der Waals surface area contributed by atoms with Crippen LogP contribution in [-0.4, -0.2) is 17.0 Å². The van der Waals surface area contributed by atoms with Crippen LogP contribution in [0.4, 0.5) is 0 Å². The van der Waals surface area contributed by atoms with E-state index in [1.54, 1.807) is 0 Å². The summed E-state index contributed by atoms with van der Waals surface area (Å²) in [5.41, 5.74) is 1.03. The van der Waals surface area contributed by atoms with Crippen LogP contribution < -0.4 is 5.32 Å². The molecular formula is C16H21NO3. The maximum Gasteiger partial charge on any atom is 0.307 e. The summed E-state index contributed by atoms with van der Waals surface area (Å²) in [6.45, 7) is 1.92. The van der Waals surface area contributed by atoms with Crippen molar-refractivity contribution in [1.29, 1.82) is 0 Å². The Balaban J connectivity index is 2.01. The highest BCUT2D eigenvalue weighted by Gasteiger charge is 2.36. The molecule has 1 fully saturated rings. The predicted octanol–water partition coefficient (Wildman–Crippen LogP) is 2.75. The second kappa shape index (κ2) is 6.55. The topological polar surface area (TPSA) is 66.4 Å². The quantitative estimate of drug-likeness (QED) is 0.888. The first kappa shape index (κ1) is 14.6. The van der Waals surface area contributed by atoms with Crippen LogP contribution in [0.2, 0.25) is 0 Å². The fourth-order valence-corrected chi connectivity index (χ4v) is 2.89. The molecule has 2 N–H and O–H groups in total. The van der Waals surface area contributed by atoms with Crippen LogP contribution in [0.5, 0.6) is 0 Å². The molecule has 0 spiro atoms. The van der Waals surface area contributed by atoms with E-state index in [2.05, 4.69) is 5.32 Å². The summed E-state index contributed by atoms with van der Waals surface area (Å²) in [5, 5.41) is 12.2. The Hall–Kier alpha value is -1.84. The third-order valence-corrected chi connectivity index (χ3v) is 4.08. The molecule has 0 bridgehead atoms. The minimum absolute atomic E-state index is 0.0972. The maximum absolute atomic E-state index is 12.3. The first-order valence-electron chi connectivity index (χ1n) is 7.17. The van der Waals surface area contributed by atoms with Gasteiger partial charge in [-0.1, -0.05) is 43.2 Å². The number of nitrogens with one attached hydrogen (secondary N) is 1. The third-order valence-electron chi connectivity index (χ3n) is 4.08. The molecule has 1 saturated carbocycles. The Labute approximate surface area is 119 Å². The predicted molar refractivity (Wildman–Crippen MR) is 76.1 cm³/mol. The highest BCUT2D eigenvalue weighted by Crippen LogP contribution is 2.31. The Kier molecular flexibility index (Phi) is 4.77. The van der Waals surface area contributed by atoms with Crippen LogP contribution in [0, 0.1) is 11.8 Å². The number of benzene rings is 1. The number of carboxylic acid groups (broad SMARTS) is 1. The Morgan fingerprint density at radius 2 is 1.75 bits per heavy atom. The number of amides is 1. The molecule has 108 valence electrons. The minimum atomic E-state index is -0.850. The summed E-state index contributed by atoms with van der Waals surface area (Å²) in [6, 6.07) is 9.61. The SMILES string of the molecule is C[C@H](NC(=O)[C@@H]1CCCC[C@@H]1C(=O)O)c1ccccc1. The molecule has 1 aromatic rings. The van der Waals surface area contributed by atoms with Gasteiger partial charge in [-0.05, 0) is 25.3 Å². The molecular weight excluding hydrogens is 254 g/mol. The summed E-state index contributed by atoms with van der Waals surface area (Å²) < 4.78 is 0. The van der Waals surface area contributed by atoms with Crippen molar-refractivity contribution in [2.45, 2.75) is 38.6 Å². The highest BCUT2D eigenvalue weighted by molar-refractivity contribution is 5.85. The molecule has 4 heteroatoms. The second-order valence-corrected chi connectivity index (χ2v) is 5.48. The summed E-state index contributed by atoms with van der Waals surface area (Å²) in [5.74, 6) is -1.91. The molecule has 1 aromatic carbocycles. The number of rotatable bonds is 4. The monoisotopic (exact) mass is 275 g/mol. The van der Waals surface area contributed by atoms with E-state index < -0.39 is 17.8 Å². The molecule has 0 aliphatic heterocycles. The minimum Gasteiger partial charge on any atom is -0.481 e. The van der Waals surface area contributed by atoms with E-state index >= 15 is 0 Å². The Bertz CT molecular complexity index is 472. The van der Waals surface area contributed by atoms with Gasteiger partial charge < -0.3 is 10.4 Å². The van der Waals surface area contributed by atoms with Gasteiger partial charge in [0.15, 0.2) is 0 Å². The Morgan fingerprint density at radius 1 is 1.15 bits per heavy atom. The van der Waals surface area contributed by atoms with Crippen molar-refractivity contribution in [3.63, 3.8) is 0 Å². The normalized spacial score (nSPS) is 23.9. The molecule has 0 unspecified atom stereocenters. The standard InChI is InChI=1S/C16H21NO3/c1-11(12-7-3-2-4-8-12)17-15(18)13-9-5-6-10-14(13)16(19)20/h2-4,7-8,11,13-14H,5-6,9-10H2,1H3,(H,17,18)(H,19,20)/t11-,13+,14-/m0/s1.